The molecule has 2 fully saturated rings. The fraction of sp³-hybridized carbons (Fsp3) is 0.692. The number of nitrogens with zero attached hydrogens (tertiary/aromatic N) is 1. The molecule has 0 radical (unpaired) electrons. The van der Waals surface area contributed by atoms with Gasteiger partial charge in [0, 0.05) is 13.1 Å². The Hall–Kier alpha value is -2.12. The molecule has 2 amide bonds. The van der Waals surface area contributed by atoms with E-state index in [4.69, 9.17) is 10.2 Å². The predicted molar refractivity (Wildman–Crippen MR) is 69.3 cm³/mol. The van der Waals surface area contributed by atoms with E-state index in [1.54, 1.807) is 0 Å². The van der Waals surface area contributed by atoms with E-state index in [1.807, 2.05) is 0 Å². The fourth-order valence-corrected chi connectivity index (χ4v) is 2.50. The smallest absolute Gasteiger partial charge is 0.326 e. The van der Waals surface area contributed by atoms with Gasteiger partial charge in [-0.15, -0.1) is 0 Å². The van der Waals surface area contributed by atoms with Crippen molar-refractivity contribution in [2.75, 3.05) is 13.1 Å². The van der Waals surface area contributed by atoms with Crippen LogP contribution in [0.4, 0.5) is 0 Å². The SMILES string of the molecule is O=C(NCC1(C(=O)O)CC1)C(=O)N1CCCC[C@@H]1C(=O)O. The number of amides is 2. The van der Waals surface area contributed by atoms with Crippen LogP contribution >= 0.6 is 0 Å². The summed E-state index contributed by atoms with van der Waals surface area (Å²) in [5.41, 5.74) is -0.954. The number of likely N-dealkylation sites (tertiary alicyclic amines) is 1. The standard InChI is InChI=1S/C13H18N2O6/c16-9(14-7-13(4-5-13)12(20)21)10(17)15-6-2-1-3-8(15)11(18)19/h8H,1-7H2,(H,14,16)(H,18,19)(H,20,21)/t8-/m1/s1. The van der Waals surface area contributed by atoms with Crippen molar-refractivity contribution in [3.63, 3.8) is 0 Å². The van der Waals surface area contributed by atoms with Gasteiger partial charge in [-0.05, 0) is 32.1 Å². The van der Waals surface area contributed by atoms with E-state index in [0.29, 0.717) is 32.1 Å². The maximum Gasteiger partial charge on any atom is 0.326 e. The van der Waals surface area contributed by atoms with Gasteiger partial charge in [0.25, 0.3) is 0 Å². The largest absolute Gasteiger partial charge is 0.481 e. The van der Waals surface area contributed by atoms with Gasteiger partial charge in [-0.25, -0.2) is 4.79 Å². The van der Waals surface area contributed by atoms with Gasteiger partial charge in [0.2, 0.25) is 0 Å². The van der Waals surface area contributed by atoms with Crippen LogP contribution in [0, 0.1) is 5.41 Å². The summed E-state index contributed by atoms with van der Waals surface area (Å²) in [4.78, 5) is 47.0. The average molecular weight is 298 g/mol. The maximum absolute atomic E-state index is 12.0. The lowest BCUT2D eigenvalue weighted by molar-refractivity contribution is -0.156. The van der Waals surface area contributed by atoms with Gasteiger partial charge in [-0.2, -0.15) is 0 Å². The molecule has 1 atom stereocenters. The third-order valence-corrected chi connectivity index (χ3v) is 4.14. The molecule has 0 bridgehead atoms. The molecule has 116 valence electrons. The molecule has 0 aromatic heterocycles. The molecule has 0 aromatic rings. The maximum atomic E-state index is 12.0. The Morgan fingerprint density at radius 3 is 2.33 bits per heavy atom. The van der Waals surface area contributed by atoms with Crippen molar-refractivity contribution in [1.82, 2.24) is 10.2 Å². The highest BCUT2D eigenvalue weighted by Crippen LogP contribution is 2.45. The summed E-state index contributed by atoms with van der Waals surface area (Å²) < 4.78 is 0. The summed E-state index contributed by atoms with van der Waals surface area (Å²) >= 11 is 0. The van der Waals surface area contributed by atoms with Crippen molar-refractivity contribution < 1.29 is 29.4 Å². The first-order valence-electron chi connectivity index (χ1n) is 6.92. The van der Waals surface area contributed by atoms with Crippen LogP contribution in [0.15, 0.2) is 0 Å². The number of hydrogen-bond donors (Lipinski definition) is 3. The third kappa shape index (κ3) is 3.14. The average Bonchev–Trinajstić information content (AvgIpc) is 3.25. The minimum absolute atomic E-state index is 0.0987. The lowest BCUT2D eigenvalue weighted by Gasteiger charge is -2.32. The van der Waals surface area contributed by atoms with E-state index in [9.17, 15) is 19.2 Å². The second-order valence-corrected chi connectivity index (χ2v) is 5.62. The van der Waals surface area contributed by atoms with Crippen molar-refractivity contribution >= 4 is 23.8 Å². The van der Waals surface area contributed by atoms with Gasteiger partial charge in [-0.3, -0.25) is 14.4 Å². The number of rotatable bonds is 4. The topological polar surface area (TPSA) is 124 Å². The summed E-state index contributed by atoms with van der Waals surface area (Å²) in [7, 11) is 0. The highest BCUT2D eigenvalue weighted by atomic mass is 16.4. The molecule has 3 N–H and O–H groups in total. The first-order valence-corrected chi connectivity index (χ1v) is 6.92. The summed E-state index contributed by atoms with van der Waals surface area (Å²) in [6.45, 7) is 0.131. The molecule has 1 aliphatic heterocycles. The van der Waals surface area contributed by atoms with Gasteiger partial charge >= 0.3 is 23.8 Å². The van der Waals surface area contributed by atoms with Gasteiger partial charge in [-0.1, -0.05) is 0 Å². The van der Waals surface area contributed by atoms with E-state index in [2.05, 4.69) is 5.32 Å². The van der Waals surface area contributed by atoms with Crippen LogP contribution < -0.4 is 5.32 Å². The Balaban J connectivity index is 1.93. The zero-order valence-corrected chi connectivity index (χ0v) is 11.5. The van der Waals surface area contributed by atoms with Crippen molar-refractivity contribution in [2.24, 2.45) is 5.41 Å². The first kappa shape index (κ1) is 15.3. The molecular formula is C13H18N2O6. The van der Waals surface area contributed by atoms with Crippen LogP contribution in [0.2, 0.25) is 0 Å². The number of carboxylic acids is 2. The molecule has 8 nitrogen and oxygen atoms in total. The van der Waals surface area contributed by atoms with Gasteiger partial charge in [0.05, 0.1) is 5.41 Å². The van der Waals surface area contributed by atoms with E-state index >= 15 is 0 Å². The molecule has 0 aromatic carbocycles. The Bertz CT molecular complexity index is 485. The highest BCUT2D eigenvalue weighted by Gasteiger charge is 2.50. The Labute approximate surface area is 121 Å². The molecule has 2 rings (SSSR count). The van der Waals surface area contributed by atoms with E-state index < -0.39 is 35.2 Å². The monoisotopic (exact) mass is 298 g/mol. The molecule has 2 aliphatic rings. The number of carbonyl (C=O) groups is 4. The Morgan fingerprint density at radius 2 is 1.81 bits per heavy atom. The minimum atomic E-state index is -1.12. The Kier molecular flexibility index (Phi) is 4.15. The Morgan fingerprint density at radius 1 is 1.14 bits per heavy atom. The van der Waals surface area contributed by atoms with Crippen LogP contribution in [-0.4, -0.2) is 58.0 Å². The minimum Gasteiger partial charge on any atom is -0.481 e. The normalized spacial score (nSPS) is 23.2. The lowest BCUT2D eigenvalue weighted by atomic mass is 10.0. The van der Waals surface area contributed by atoms with Crippen molar-refractivity contribution in [3.05, 3.63) is 0 Å². The summed E-state index contributed by atoms with van der Waals surface area (Å²) in [6, 6.07) is -0.980. The number of carboxylic acid groups (broad SMARTS) is 2. The van der Waals surface area contributed by atoms with Crippen LogP contribution in [-0.2, 0) is 19.2 Å². The molecule has 21 heavy (non-hydrogen) atoms. The quantitative estimate of drug-likeness (QED) is 0.597. The number of hydrogen-bond acceptors (Lipinski definition) is 4. The third-order valence-electron chi connectivity index (χ3n) is 4.14. The molecule has 0 spiro atoms. The van der Waals surface area contributed by atoms with Gasteiger partial charge < -0.3 is 20.4 Å². The second kappa shape index (κ2) is 5.71. The summed E-state index contributed by atoms with van der Waals surface area (Å²) in [5.74, 6) is -3.95. The molecule has 8 heteroatoms. The van der Waals surface area contributed by atoms with Crippen molar-refractivity contribution in [3.8, 4) is 0 Å². The van der Waals surface area contributed by atoms with Gasteiger partial charge in [0.15, 0.2) is 0 Å². The fourth-order valence-electron chi connectivity index (χ4n) is 2.50. The predicted octanol–water partition coefficient (Wildman–Crippen LogP) is -0.567. The van der Waals surface area contributed by atoms with Crippen molar-refractivity contribution in [1.29, 1.82) is 0 Å². The number of nitrogens with one attached hydrogen (secondary N) is 1. The molecule has 1 saturated heterocycles. The molecule has 1 saturated carbocycles. The first-order chi connectivity index (χ1) is 9.87. The van der Waals surface area contributed by atoms with Gasteiger partial charge in [0.1, 0.15) is 6.04 Å². The summed E-state index contributed by atoms with van der Waals surface area (Å²) in [6.07, 6.45) is 2.62. The number of aliphatic carboxylic acids is 2. The van der Waals surface area contributed by atoms with E-state index in [-0.39, 0.29) is 13.1 Å². The van der Waals surface area contributed by atoms with Crippen LogP contribution in [0.5, 0.6) is 0 Å². The van der Waals surface area contributed by atoms with Crippen LogP contribution in [0.25, 0.3) is 0 Å². The van der Waals surface area contributed by atoms with E-state index in [1.165, 1.54) is 0 Å². The lowest BCUT2D eigenvalue weighted by Crippen LogP contribution is -2.53. The number of carbonyl (C=O) groups excluding carboxylic acids is 2. The van der Waals surface area contributed by atoms with Crippen LogP contribution in [0.1, 0.15) is 32.1 Å². The van der Waals surface area contributed by atoms with E-state index in [0.717, 1.165) is 4.90 Å². The number of piperidine rings is 1. The molecular weight excluding hydrogens is 280 g/mol. The molecule has 1 aliphatic carbocycles. The van der Waals surface area contributed by atoms with Crippen molar-refractivity contribution in [2.45, 2.75) is 38.1 Å². The second-order valence-electron chi connectivity index (χ2n) is 5.62. The zero-order valence-electron chi connectivity index (χ0n) is 11.5. The zero-order chi connectivity index (χ0) is 15.6. The molecule has 1 heterocycles. The highest BCUT2D eigenvalue weighted by molar-refractivity contribution is 6.35. The summed E-state index contributed by atoms with van der Waals surface area (Å²) in [5, 5.41) is 20.4. The van der Waals surface area contributed by atoms with Crippen LogP contribution in [0.3, 0.4) is 0 Å². The molecule has 0 unspecified atom stereocenters.